The highest BCUT2D eigenvalue weighted by molar-refractivity contribution is 5.98. The molecular weight excluding hydrogens is 475 g/mol. The maximum absolute atomic E-state index is 13.7. The molecular formula is C27H34F3NO5. The van der Waals surface area contributed by atoms with Gasteiger partial charge >= 0.3 is 11.8 Å². The van der Waals surface area contributed by atoms with Crippen molar-refractivity contribution < 1.29 is 31.9 Å². The third kappa shape index (κ3) is 6.28. The van der Waals surface area contributed by atoms with E-state index < -0.39 is 17.4 Å². The number of rotatable bonds is 10. The van der Waals surface area contributed by atoms with E-state index in [9.17, 15) is 27.6 Å². The minimum absolute atomic E-state index is 0.0846. The summed E-state index contributed by atoms with van der Waals surface area (Å²) < 4.78 is 52.5. The lowest BCUT2D eigenvalue weighted by Gasteiger charge is -2.34. The summed E-state index contributed by atoms with van der Waals surface area (Å²) in [5.74, 6) is 0.121. The number of alkyl halides is 3. The molecule has 198 valence electrons. The van der Waals surface area contributed by atoms with E-state index in [1.165, 1.54) is 11.0 Å². The van der Waals surface area contributed by atoms with Crippen molar-refractivity contribution in [3.05, 3.63) is 39.2 Å². The first kappa shape index (κ1) is 27.7. The highest BCUT2D eigenvalue weighted by Crippen LogP contribution is 2.40. The fraction of sp³-hybridized carbons (Fsp3) is 0.593. The SMILES string of the molecule is CCCc1cc2c(C(F)(F)F)cc(=O)oc2c(CCC)c1OCCCCN1C(=O)CC(C)(C)CC1=O. The Morgan fingerprint density at radius 1 is 1.00 bits per heavy atom. The Bertz CT molecular complexity index is 1160. The highest BCUT2D eigenvalue weighted by Gasteiger charge is 2.37. The number of fused-ring (bicyclic) bond motifs is 1. The van der Waals surface area contributed by atoms with Crippen LogP contribution in [-0.4, -0.2) is 29.9 Å². The van der Waals surface area contributed by atoms with Crippen molar-refractivity contribution in [2.45, 2.75) is 85.2 Å². The Hall–Kier alpha value is -2.84. The normalized spacial score (nSPS) is 16.1. The number of benzene rings is 1. The highest BCUT2D eigenvalue weighted by atomic mass is 19.4. The Morgan fingerprint density at radius 2 is 1.64 bits per heavy atom. The van der Waals surface area contributed by atoms with Gasteiger partial charge in [-0.2, -0.15) is 13.2 Å². The minimum atomic E-state index is -4.69. The lowest BCUT2D eigenvalue weighted by atomic mass is 9.82. The van der Waals surface area contributed by atoms with E-state index in [0.717, 1.165) is 0 Å². The van der Waals surface area contributed by atoms with Crippen LogP contribution in [0.1, 0.15) is 82.9 Å². The number of aryl methyl sites for hydroxylation is 2. The lowest BCUT2D eigenvalue weighted by Crippen LogP contribution is -2.46. The summed E-state index contributed by atoms with van der Waals surface area (Å²) in [6.07, 6.45) is -0.728. The molecule has 9 heteroatoms. The van der Waals surface area contributed by atoms with Crippen LogP contribution in [0.5, 0.6) is 5.75 Å². The Balaban J connectivity index is 1.83. The van der Waals surface area contributed by atoms with Crippen molar-refractivity contribution in [2.24, 2.45) is 5.41 Å². The Kier molecular flexibility index (Phi) is 8.52. The first-order chi connectivity index (χ1) is 16.9. The molecule has 0 atom stereocenters. The molecule has 1 aromatic carbocycles. The summed E-state index contributed by atoms with van der Waals surface area (Å²) >= 11 is 0. The van der Waals surface area contributed by atoms with Gasteiger partial charge < -0.3 is 9.15 Å². The number of carbonyl (C=O) groups excluding carboxylic acids is 2. The summed E-state index contributed by atoms with van der Waals surface area (Å²) in [4.78, 5) is 38.0. The Morgan fingerprint density at radius 3 is 2.22 bits per heavy atom. The average Bonchev–Trinajstić information content (AvgIpc) is 2.75. The average molecular weight is 510 g/mol. The van der Waals surface area contributed by atoms with Crippen LogP contribution < -0.4 is 10.4 Å². The van der Waals surface area contributed by atoms with Crippen molar-refractivity contribution in [1.82, 2.24) is 4.90 Å². The largest absolute Gasteiger partial charge is 0.493 e. The van der Waals surface area contributed by atoms with Crippen LogP contribution in [0, 0.1) is 5.41 Å². The molecule has 2 aromatic rings. The van der Waals surface area contributed by atoms with E-state index in [1.54, 1.807) is 0 Å². The number of carbonyl (C=O) groups is 2. The number of halogens is 3. The van der Waals surface area contributed by atoms with Crippen LogP contribution in [0.3, 0.4) is 0 Å². The summed E-state index contributed by atoms with van der Waals surface area (Å²) in [7, 11) is 0. The molecule has 1 fully saturated rings. The van der Waals surface area contributed by atoms with Crippen molar-refractivity contribution in [1.29, 1.82) is 0 Å². The number of piperidine rings is 1. The standard InChI is InChI=1S/C27H34F3NO5/c1-5-9-17-13-19-20(27(28,29)30)14-23(34)36-25(19)18(10-6-2)24(17)35-12-8-7-11-31-21(32)15-26(3,4)16-22(31)33/h13-14H,5-12,15-16H2,1-4H3. The van der Waals surface area contributed by atoms with Gasteiger partial charge in [-0.05, 0) is 42.7 Å². The molecule has 1 saturated heterocycles. The zero-order valence-electron chi connectivity index (χ0n) is 21.3. The van der Waals surface area contributed by atoms with Crippen molar-refractivity contribution in [3.63, 3.8) is 0 Å². The van der Waals surface area contributed by atoms with Gasteiger partial charge in [-0.25, -0.2) is 4.79 Å². The maximum Gasteiger partial charge on any atom is 0.417 e. The van der Waals surface area contributed by atoms with Crippen LogP contribution >= 0.6 is 0 Å². The molecule has 1 aromatic heterocycles. The maximum atomic E-state index is 13.7. The first-order valence-corrected chi connectivity index (χ1v) is 12.5. The van der Waals surface area contributed by atoms with Crippen LogP contribution in [0.2, 0.25) is 0 Å². The molecule has 0 spiro atoms. The van der Waals surface area contributed by atoms with Crippen molar-refractivity contribution >= 4 is 22.8 Å². The number of nitrogens with zero attached hydrogens (tertiary/aromatic N) is 1. The first-order valence-electron chi connectivity index (χ1n) is 12.5. The number of ether oxygens (including phenoxy) is 1. The van der Waals surface area contributed by atoms with Crippen LogP contribution in [-0.2, 0) is 28.6 Å². The second-order valence-corrected chi connectivity index (χ2v) is 10.2. The smallest absolute Gasteiger partial charge is 0.417 e. The summed E-state index contributed by atoms with van der Waals surface area (Å²) in [6, 6.07) is 1.92. The van der Waals surface area contributed by atoms with Crippen LogP contribution in [0.25, 0.3) is 11.0 Å². The molecule has 0 bridgehead atoms. The molecule has 1 aliphatic heterocycles. The molecule has 0 aliphatic carbocycles. The molecule has 36 heavy (non-hydrogen) atoms. The molecule has 0 N–H and O–H groups in total. The zero-order chi connectivity index (χ0) is 26.7. The van der Waals surface area contributed by atoms with Gasteiger partial charge in [0.15, 0.2) is 0 Å². The van der Waals surface area contributed by atoms with Gasteiger partial charge in [0, 0.05) is 36.4 Å². The minimum Gasteiger partial charge on any atom is -0.493 e. The van der Waals surface area contributed by atoms with Crippen LogP contribution in [0.4, 0.5) is 13.2 Å². The predicted octanol–water partition coefficient (Wildman–Crippen LogP) is 6.05. The fourth-order valence-corrected chi connectivity index (χ4v) is 4.76. The van der Waals surface area contributed by atoms with E-state index in [2.05, 4.69) is 0 Å². The second kappa shape index (κ2) is 11.0. The van der Waals surface area contributed by atoms with Gasteiger partial charge in [-0.15, -0.1) is 0 Å². The number of imide groups is 1. The second-order valence-electron chi connectivity index (χ2n) is 10.2. The van der Waals surface area contributed by atoms with E-state index in [4.69, 9.17) is 9.15 Å². The molecule has 0 saturated carbocycles. The molecule has 6 nitrogen and oxygen atoms in total. The van der Waals surface area contributed by atoms with E-state index in [1.807, 2.05) is 27.7 Å². The number of unbranched alkanes of at least 4 members (excludes halogenated alkanes) is 1. The molecule has 1 aliphatic rings. The quantitative estimate of drug-likeness (QED) is 0.221. The molecule has 3 rings (SSSR count). The third-order valence-corrected chi connectivity index (χ3v) is 6.37. The zero-order valence-corrected chi connectivity index (χ0v) is 21.3. The van der Waals surface area contributed by atoms with Gasteiger partial charge in [0.1, 0.15) is 11.3 Å². The number of hydrogen-bond acceptors (Lipinski definition) is 5. The van der Waals surface area contributed by atoms with E-state index >= 15 is 0 Å². The Labute approximate surface area is 208 Å². The number of hydrogen-bond donors (Lipinski definition) is 0. The summed E-state index contributed by atoms with van der Waals surface area (Å²) in [6.45, 7) is 8.18. The van der Waals surface area contributed by atoms with Gasteiger partial charge in [-0.3, -0.25) is 14.5 Å². The summed E-state index contributed by atoms with van der Waals surface area (Å²) in [5.41, 5.74) is -1.37. The van der Waals surface area contributed by atoms with Gasteiger partial charge in [0.05, 0.1) is 12.2 Å². The van der Waals surface area contributed by atoms with Gasteiger partial charge in [0.2, 0.25) is 11.8 Å². The van der Waals surface area contributed by atoms with Gasteiger partial charge in [0.25, 0.3) is 0 Å². The van der Waals surface area contributed by atoms with E-state index in [-0.39, 0.29) is 34.8 Å². The topological polar surface area (TPSA) is 76.8 Å². The molecule has 0 radical (unpaired) electrons. The molecule has 2 amide bonds. The lowest BCUT2D eigenvalue weighted by molar-refractivity contribution is -0.152. The molecule has 2 heterocycles. The predicted molar refractivity (Wildman–Crippen MR) is 130 cm³/mol. The third-order valence-electron chi connectivity index (χ3n) is 6.37. The fourth-order valence-electron chi connectivity index (χ4n) is 4.76. The summed E-state index contributed by atoms with van der Waals surface area (Å²) in [5, 5.41) is -0.133. The number of likely N-dealkylation sites (tertiary alicyclic amines) is 1. The molecule has 0 unspecified atom stereocenters. The van der Waals surface area contributed by atoms with Gasteiger partial charge in [-0.1, -0.05) is 40.5 Å². The van der Waals surface area contributed by atoms with Crippen molar-refractivity contribution in [3.8, 4) is 5.75 Å². The number of amides is 2. The van der Waals surface area contributed by atoms with E-state index in [0.29, 0.717) is 80.9 Å². The van der Waals surface area contributed by atoms with Crippen LogP contribution in [0.15, 0.2) is 21.3 Å². The monoisotopic (exact) mass is 509 g/mol. The van der Waals surface area contributed by atoms with Crippen molar-refractivity contribution in [2.75, 3.05) is 13.2 Å².